The molecule has 0 saturated carbocycles. The van der Waals surface area contributed by atoms with E-state index in [1.54, 1.807) is 0 Å². The molecule has 5 rings (SSSR count). The van der Waals surface area contributed by atoms with Gasteiger partial charge in [-0.05, 0) is 51.9 Å². The molecule has 156 valence electrons. The van der Waals surface area contributed by atoms with Gasteiger partial charge in [0, 0.05) is 5.56 Å². The fourth-order valence-corrected chi connectivity index (χ4v) is 4.23. The Labute approximate surface area is 189 Å². The molecule has 0 N–H and O–H groups in total. The molecule has 1 aromatic heterocycles. The molecule has 2 nitrogen and oxygen atoms in total. The minimum atomic E-state index is 0.424. The number of aromatic nitrogens is 2. The van der Waals surface area contributed by atoms with Crippen LogP contribution in [0.25, 0.3) is 39.2 Å². The van der Waals surface area contributed by atoms with Gasteiger partial charge in [-0.25, -0.2) is 4.68 Å². The molecule has 0 spiro atoms. The van der Waals surface area contributed by atoms with Crippen LogP contribution in [0, 0.1) is 0 Å². The summed E-state index contributed by atoms with van der Waals surface area (Å²) >= 11 is 0. The Hall–Kier alpha value is -3.91. The highest BCUT2D eigenvalue weighted by molar-refractivity contribution is 5.94. The first-order valence-electron chi connectivity index (χ1n) is 11.1. The molecule has 2 heteroatoms. The third-order valence-corrected chi connectivity index (χ3v) is 5.90. The van der Waals surface area contributed by atoms with Gasteiger partial charge in [-0.2, -0.15) is 5.10 Å². The molecule has 0 aliphatic heterocycles. The number of hydrogen-bond acceptors (Lipinski definition) is 1. The molecule has 32 heavy (non-hydrogen) atoms. The maximum absolute atomic E-state index is 4.71. The predicted octanol–water partition coefficient (Wildman–Crippen LogP) is 8.00. The van der Waals surface area contributed by atoms with E-state index in [2.05, 4.69) is 117 Å². The van der Waals surface area contributed by atoms with Crippen LogP contribution in [0.15, 0.2) is 115 Å². The van der Waals surface area contributed by atoms with E-state index >= 15 is 0 Å². The number of benzene rings is 4. The summed E-state index contributed by atoms with van der Waals surface area (Å²) in [4.78, 5) is 0. The summed E-state index contributed by atoms with van der Waals surface area (Å²) < 4.78 is 2.04. The molecule has 4 aromatic carbocycles. The van der Waals surface area contributed by atoms with Gasteiger partial charge in [0.05, 0.1) is 17.6 Å². The SMILES string of the molecule is CC(C)c1cc(-c2ccccc2)c(-c2ccnn2-c2ccccc2)c(-c2ccccc2)c1. The molecular weight excluding hydrogens is 388 g/mol. The van der Waals surface area contributed by atoms with Crippen molar-refractivity contribution in [1.29, 1.82) is 0 Å². The van der Waals surface area contributed by atoms with Crippen molar-refractivity contribution in [3.8, 4) is 39.2 Å². The van der Waals surface area contributed by atoms with Gasteiger partial charge in [-0.1, -0.05) is 105 Å². The number of nitrogens with zero attached hydrogens (tertiary/aromatic N) is 2. The van der Waals surface area contributed by atoms with E-state index in [0.29, 0.717) is 5.92 Å². The van der Waals surface area contributed by atoms with E-state index in [1.165, 1.54) is 33.4 Å². The minimum Gasteiger partial charge on any atom is -0.233 e. The van der Waals surface area contributed by atoms with Crippen LogP contribution in [0.3, 0.4) is 0 Å². The van der Waals surface area contributed by atoms with E-state index in [-0.39, 0.29) is 0 Å². The smallest absolute Gasteiger partial charge is 0.0753 e. The van der Waals surface area contributed by atoms with Crippen molar-refractivity contribution in [2.24, 2.45) is 0 Å². The average molecular weight is 415 g/mol. The first-order valence-corrected chi connectivity index (χ1v) is 11.1. The van der Waals surface area contributed by atoms with Crippen molar-refractivity contribution < 1.29 is 0 Å². The maximum Gasteiger partial charge on any atom is 0.0753 e. The molecule has 0 fully saturated rings. The monoisotopic (exact) mass is 414 g/mol. The summed E-state index contributed by atoms with van der Waals surface area (Å²) in [7, 11) is 0. The summed E-state index contributed by atoms with van der Waals surface area (Å²) in [5.41, 5.74) is 9.56. The molecule has 0 aliphatic carbocycles. The topological polar surface area (TPSA) is 17.8 Å². The Kier molecular flexibility index (Phi) is 5.43. The third kappa shape index (κ3) is 3.76. The van der Waals surface area contributed by atoms with Crippen molar-refractivity contribution >= 4 is 0 Å². The van der Waals surface area contributed by atoms with Crippen molar-refractivity contribution in [1.82, 2.24) is 9.78 Å². The minimum absolute atomic E-state index is 0.424. The highest BCUT2D eigenvalue weighted by Gasteiger charge is 2.20. The fourth-order valence-electron chi connectivity index (χ4n) is 4.23. The lowest BCUT2D eigenvalue weighted by Gasteiger charge is -2.20. The first-order chi connectivity index (χ1) is 15.7. The van der Waals surface area contributed by atoms with Crippen LogP contribution in [-0.2, 0) is 0 Å². The normalized spacial score (nSPS) is 11.1. The van der Waals surface area contributed by atoms with Gasteiger partial charge in [0.25, 0.3) is 0 Å². The van der Waals surface area contributed by atoms with Gasteiger partial charge in [-0.15, -0.1) is 0 Å². The molecule has 0 aliphatic rings. The van der Waals surface area contributed by atoms with Crippen LogP contribution in [0.5, 0.6) is 0 Å². The third-order valence-electron chi connectivity index (χ3n) is 5.90. The van der Waals surface area contributed by atoms with Gasteiger partial charge < -0.3 is 0 Å². The van der Waals surface area contributed by atoms with Gasteiger partial charge >= 0.3 is 0 Å². The zero-order valence-corrected chi connectivity index (χ0v) is 18.4. The highest BCUT2D eigenvalue weighted by Crippen LogP contribution is 2.42. The summed E-state index contributed by atoms with van der Waals surface area (Å²) in [6, 6.07) is 38.5. The summed E-state index contributed by atoms with van der Waals surface area (Å²) in [5, 5.41) is 4.71. The zero-order chi connectivity index (χ0) is 21.9. The van der Waals surface area contributed by atoms with Crippen LogP contribution < -0.4 is 0 Å². The van der Waals surface area contributed by atoms with Gasteiger partial charge in [0.1, 0.15) is 0 Å². The maximum atomic E-state index is 4.71. The molecule has 0 radical (unpaired) electrons. The lowest BCUT2D eigenvalue weighted by atomic mass is 9.85. The largest absolute Gasteiger partial charge is 0.233 e. The van der Waals surface area contributed by atoms with E-state index in [9.17, 15) is 0 Å². The van der Waals surface area contributed by atoms with E-state index < -0.39 is 0 Å². The molecule has 5 aromatic rings. The quantitative estimate of drug-likeness (QED) is 0.285. The van der Waals surface area contributed by atoms with Crippen LogP contribution in [0.1, 0.15) is 25.3 Å². The second-order valence-corrected chi connectivity index (χ2v) is 8.34. The summed E-state index contributed by atoms with van der Waals surface area (Å²) in [5.74, 6) is 0.424. The second kappa shape index (κ2) is 8.68. The Bertz CT molecular complexity index is 1260. The van der Waals surface area contributed by atoms with Crippen molar-refractivity contribution in [2.75, 3.05) is 0 Å². The first kappa shape index (κ1) is 20.0. The molecule has 0 unspecified atom stereocenters. The van der Waals surface area contributed by atoms with E-state index in [0.717, 1.165) is 11.4 Å². The number of hydrogen-bond donors (Lipinski definition) is 0. The summed E-state index contributed by atoms with van der Waals surface area (Å²) in [6.45, 7) is 4.51. The van der Waals surface area contributed by atoms with Crippen molar-refractivity contribution in [2.45, 2.75) is 19.8 Å². The second-order valence-electron chi connectivity index (χ2n) is 8.34. The lowest BCUT2D eigenvalue weighted by molar-refractivity contribution is 0.866. The van der Waals surface area contributed by atoms with E-state index in [1.807, 2.05) is 16.9 Å². The van der Waals surface area contributed by atoms with Crippen LogP contribution >= 0.6 is 0 Å². The van der Waals surface area contributed by atoms with E-state index in [4.69, 9.17) is 5.10 Å². The van der Waals surface area contributed by atoms with Crippen molar-refractivity contribution in [3.63, 3.8) is 0 Å². The average Bonchev–Trinajstić information content (AvgIpc) is 3.34. The fraction of sp³-hybridized carbons (Fsp3) is 0.100. The molecule has 0 amide bonds. The molecule has 0 saturated heterocycles. The highest BCUT2D eigenvalue weighted by atomic mass is 15.3. The zero-order valence-electron chi connectivity index (χ0n) is 18.4. The Balaban J connectivity index is 1.87. The van der Waals surface area contributed by atoms with Gasteiger partial charge in [0.15, 0.2) is 0 Å². The van der Waals surface area contributed by atoms with Gasteiger partial charge in [-0.3, -0.25) is 0 Å². The molecule has 0 atom stereocenters. The van der Waals surface area contributed by atoms with Crippen LogP contribution in [-0.4, -0.2) is 9.78 Å². The number of rotatable bonds is 5. The lowest BCUT2D eigenvalue weighted by Crippen LogP contribution is -2.02. The van der Waals surface area contributed by atoms with Gasteiger partial charge in [0.2, 0.25) is 0 Å². The Morgan fingerprint density at radius 2 is 1.12 bits per heavy atom. The Morgan fingerprint density at radius 1 is 0.625 bits per heavy atom. The summed E-state index contributed by atoms with van der Waals surface area (Å²) in [6.07, 6.45) is 1.89. The standard InChI is InChI=1S/C30H26N2/c1-22(2)25-20-27(23-12-6-3-7-13-23)30(28(21-25)24-14-8-4-9-15-24)29-18-19-31-32(29)26-16-10-5-11-17-26/h3-22H,1-2H3. The molecule has 1 heterocycles. The predicted molar refractivity (Wildman–Crippen MR) is 134 cm³/mol. The Morgan fingerprint density at radius 3 is 1.62 bits per heavy atom. The molecule has 0 bridgehead atoms. The van der Waals surface area contributed by atoms with Crippen LogP contribution in [0.2, 0.25) is 0 Å². The molecular formula is C30H26N2. The van der Waals surface area contributed by atoms with Crippen molar-refractivity contribution in [3.05, 3.63) is 121 Å². The number of para-hydroxylation sites is 1. The van der Waals surface area contributed by atoms with Crippen LogP contribution in [0.4, 0.5) is 0 Å².